The Morgan fingerprint density at radius 1 is 1.06 bits per heavy atom. The van der Waals surface area contributed by atoms with E-state index in [1.807, 2.05) is 7.05 Å². The van der Waals surface area contributed by atoms with Crippen molar-refractivity contribution < 1.29 is 14.0 Å². The van der Waals surface area contributed by atoms with Crippen LogP contribution in [0.2, 0.25) is 0 Å². The van der Waals surface area contributed by atoms with E-state index in [-0.39, 0.29) is 11.7 Å². The molecule has 0 spiro atoms. The second-order valence-electron chi connectivity index (χ2n) is 13.2. The highest BCUT2D eigenvalue weighted by Gasteiger charge is 2.11. The predicted octanol–water partition coefficient (Wildman–Crippen LogP) is 7.59. The lowest BCUT2D eigenvalue weighted by atomic mass is 9.96. The molecule has 51 heavy (non-hydrogen) atoms. The third-order valence-electron chi connectivity index (χ3n) is 8.95. The molecule has 2 aliphatic heterocycles. The zero-order valence-corrected chi connectivity index (χ0v) is 31.8. The number of nitrogens with zero attached hydrogens (tertiary/aromatic N) is 1. The number of aryl methyl sites for hydroxylation is 3. The lowest BCUT2D eigenvalue weighted by Gasteiger charge is -2.19. The molecule has 7 N–H and O–H groups in total. The molecule has 5 rings (SSSR count). The highest BCUT2D eigenvalue weighted by atomic mass is 19.1. The van der Waals surface area contributed by atoms with Crippen molar-refractivity contribution in [2.45, 2.75) is 117 Å². The summed E-state index contributed by atoms with van der Waals surface area (Å²) in [6.45, 7) is 10.5. The molecule has 0 unspecified atom stereocenters. The number of carbonyl (C=O) groups excluding carboxylic acids is 2. The molecule has 2 aromatic rings. The van der Waals surface area contributed by atoms with Crippen LogP contribution < -0.4 is 32.3 Å². The predicted molar refractivity (Wildman–Crippen MR) is 211 cm³/mol. The summed E-state index contributed by atoms with van der Waals surface area (Å²) >= 11 is 0. The number of amides is 2. The third-order valence-corrected chi connectivity index (χ3v) is 8.95. The first-order valence-electron chi connectivity index (χ1n) is 18.8. The second kappa shape index (κ2) is 25.7. The van der Waals surface area contributed by atoms with E-state index in [1.165, 1.54) is 93.2 Å². The number of nitrogens with one attached hydrogen (secondary N) is 5. The topological polar surface area (TPSA) is 133 Å². The van der Waals surface area contributed by atoms with Crippen LogP contribution in [0.1, 0.15) is 108 Å². The van der Waals surface area contributed by atoms with E-state index in [1.54, 1.807) is 19.1 Å². The van der Waals surface area contributed by atoms with Crippen molar-refractivity contribution in [2.75, 3.05) is 37.3 Å². The Bertz CT molecular complexity index is 1420. The molecule has 9 nitrogen and oxygen atoms in total. The van der Waals surface area contributed by atoms with Gasteiger partial charge in [0.1, 0.15) is 11.6 Å². The van der Waals surface area contributed by atoms with Crippen molar-refractivity contribution in [1.29, 1.82) is 0 Å². The highest BCUT2D eigenvalue weighted by molar-refractivity contribution is 5.88. The largest absolute Gasteiger partial charge is 0.385 e. The van der Waals surface area contributed by atoms with E-state index in [2.05, 4.69) is 75.8 Å². The minimum Gasteiger partial charge on any atom is -0.385 e. The minimum atomic E-state index is -0.304. The minimum absolute atomic E-state index is 0.196. The Hall–Kier alpha value is -4.18. The first kappa shape index (κ1) is 43.0. The van der Waals surface area contributed by atoms with Crippen LogP contribution in [-0.2, 0) is 22.4 Å². The summed E-state index contributed by atoms with van der Waals surface area (Å²) in [5, 5.41) is 15.0. The number of rotatable bonds is 11. The quantitative estimate of drug-likeness (QED) is 0.105. The average Bonchev–Trinajstić information content (AvgIpc) is 3.13. The van der Waals surface area contributed by atoms with Crippen molar-refractivity contribution in [3.8, 4) is 0 Å². The normalized spacial score (nSPS) is 15.7. The number of hydrogen-bond acceptors (Lipinski definition) is 7. The molecular weight excluding hydrogens is 641 g/mol. The highest BCUT2D eigenvalue weighted by Crippen LogP contribution is 2.20. The number of nitrogens with two attached hydrogens (primary N) is 1. The SMILES string of the molecule is C/C=C(\C/C=C\C1=C(N)NCCC1)CCNC.CC(=O)Nc1ccc(C)c(F)c1.CCCc1ccc2c(n1)NCCC2.O=CNC1CCCCC1. The lowest BCUT2D eigenvalue weighted by Crippen LogP contribution is -2.29. The first-order valence-corrected chi connectivity index (χ1v) is 18.8. The molecule has 0 bridgehead atoms. The molecular formula is C41H64FN7O2. The van der Waals surface area contributed by atoms with Gasteiger partial charge in [0.25, 0.3) is 0 Å². The second-order valence-corrected chi connectivity index (χ2v) is 13.2. The third kappa shape index (κ3) is 18.0. The van der Waals surface area contributed by atoms with Crippen LogP contribution in [0.3, 0.4) is 0 Å². The molecule has 1 aromatic carbocycles. The Kier molecular flexibility index (Phi) is 21.7. The van der Waals surface area contributed by atoms with Gasteiger partial charge in [-0.2, -0.15) is 0 Å². The number of halogens is 1. The van der Waals surface area contributed by atoms with Gasteiger partial charge in [0, 0.05) is 37.4 Å². The van der Waals surface area contributed by atoms with Crippen LogP contribution in [0.4, 0.5) is 15.9 Å². The van der Waals surface area contributed by atoms with Crippen LogP contribution in [0.25, 0.3) is 0 Å². The maximum absolute atomic E-state index is 12.9. The number of anilines is 2. The molecule has 0 saturated heterocycles. The van der Waals surface area contributed by atoms with Gasteiger partial charge in [0.05, 0.1) is 5.82 Å². The molecule has 1 aromatic heterocycles. The zero-order valence-electron chi connectivity index (χ0n) is 31.8. The number of fused-ring (bicyclic) bond motifs is 1. The molecule has 3 heterocycles. The monoisotopic (exact) mass is 706 g/mol. The average molecular weight is 706 g/mol. The summed E-state index contributed by atoms with van der Waals surface area (Å²) in [6.07, 6.45) is 22.8. The maximum atomic E-state index is 12.9. The number of aromatic nitrogens is 1. The van der Waals surface area contributed by atoms with Crippen LogP contribution in [-0.4, -0.2) is 50.0 Å². The first-order chi connectivity index (χ1) is 24.7. The van der Waals surface area contributed by atoms with Gasteiger partial charge in [0.2, 0.25) is 12.3 Å². The standard InChI is InChI=1S/C14H25N3.C11H16N2.C9H10FNO.C7H13NO/c1-3-12(9-11-16-2)6-4-7-13-8-5-10-17-14(13)15;1-2-4-10-7-6-9-5-3-8-12-11(9)13-10;1-6-3-4-8(5-9(6)10)11-7(2)12;9-6-8-7-4-2-1-3-5-7/h3-4,7,16-17H,5-6,8-11,15H2,1-2H3;6-7H,2-5,8H2,1H3,(H,12,13);3-5H,1-2H3,(H,11,12);6-7H,1-5H2,(H,8,9)/b7-4-,12-3+;;;. The van der Waals surface area contributed by atoms with Gasteiger partial charge in [-0.3, -0.25) is 9.59 Å². The Morgan fingerprint density at radius 3 is 2.45 bits per heavy atom. The van der Waals surface area contributed by atoms with Gasteiger partial charge in [0.15, 0.2) is 0 Å². The maximum Gasteiger partial charge on any atom is 0.221 e. The fraction of sp³-hybridized carbons (Fsp3) is 0.537. The Labute approximate surface area is 306 Å². The van der Waals surface area contributed by atoms with Gasteiger partial charge in [-0.25, -0.2) is 9.37 Å². The molecule has 1 fully saturated rings. The molecule has 0 radical (unpaired) electrons. The van der Waals surface area contributed by atoms with E-state index in [0.29, 0.717) is 17.3 Å². The number of carbonyl (C=O) groups is 2. The summed E-state index contributed by atoms with van der Waals surface area (Å²) in [4.78, 5) is 25.1. The smallest absolute Gasteiger partial charge is 0.221 e. The van der Waals surface area contributed by atoms with Crippen LogP contribution in [0.5, 0.6) is 0 Å². The van der Waals surface area contributed by atoms with Crippen molar-refractivity contribution in [2.24, 2.45) is 5.73 Å². The molecule has 10 heteroatoms. The lowest BCUT2D eigenvalue weighted by molar-refractivity contribution is -0.114. The van der Waals surface area contributed by atoms with Crippen LogP contribution in [0, 0.1) is 12.7 Å². The fourth-order valence-corrected chi connectivity index (χ4v) is 5.93. The molecule has 2 amide bonds. The van der Waals surface area contributed by atoms with E-state index < -0.39 is 0 Å². The Balaban J connectivity index is 0.000000241. The van der Waals surface area contributed by atoms with Gasteiger partial charge >= 0.3 is 0 Å². The fourth-order valence-electron chi connectivity index (χ4n) is 5.93. The van der Waals surface area contributed by atoms with E-state index >= 15 is 0 Å². The van der Waals surface area contributed by atoms with Crippen molar-refractivity contribution >= 4 is 23.8 Å². The number of allylic oxidation sites excluding steroid dienone is 4. The molecule has 1 saturated carbocycles. The summed E-state index contributed by atoms with van der Waals surface area (Å²) < 4.78 is 12.9. The van der Waals surface area contributed by atoms with E-state index in [4.69, 9.17) is 5.73 Å². The molecule has 3 aliphatic rings. The number of benzene rings is 1. The van der Waals surface area contributed by atoms with Crippen molar-refractivity contribution in [3.05, 3.63) is 88.2 Å². The molecule has 0 atom stereocenters. The van der Waals surface area contributed by atoms with E-state index in [0.717, 1.165) is 63.4 Å². The summed E-state index contributed by atoms with van der Waals surface area (Å²) in [6, 6.07) is 9.46. The Morgan fingerprint density at radius 2 is 1.80 bits per heavy atom. The van der Waals surface area contributed by atoms with Gasteiger partial charge in [-0.05, 0) is 120 Å². The zero-order chi connectivity index (χ0) is 37.3. The van der Waals surface area contributed by atoms with Crippen LogP contribution in [0.15, 0.2) is 65.5 Å². The van der Waals surface area contributed by atoms with Crippen molar-refractivity contribution in [1.82, 2.24) is 20.9 Å². The van der Waals surface area contributed by atoms with Crippen LogP contribution >= 0.6 is 0 Å². The summed E-state index contributed by atoms with van der Waals surface area (Å²) in [7, 11) is 1.99. The van der Waals surface area contributed by atoms with Gasteiger partial charge in [-0.15, -0.1) is 0 Å². The van der Waals surface area contributed by atoms with E-state index in [9.17, 15) is 14.0 Å². The molecule has 282 valence electrons. The van der Waals surface area contributed by atoms with Gasteiger partial charge < -0.3 is 32.3 Å². The molecule has 1 aliphatic carbocycles. The summed E-state index contributed by atoms with van der Waals surface area (Å²) in [5.74, 6) is 1.47. The van der Waals surface area contributed by atoms with Crippen molar-refractivity contribution in [3.63, 3.8) is 0 Å². The summed E-state index contributed by atoms with van der Waals surface area (Å²) in [5.41, 5.74) is 12.3. The number of pyridine rings is 1. The van der Waals surface area contributed by atoms with Gasteiger partial charge in [-0.1, -0.05) is 68.5 Å². The number of hydrogen-bond donors (Lipinski definition) is 6.